The molecule has 88 valence electrons. The monoisotopic (exact) mass is 223 g/mol. The van der Waals surface area contributed by atoms with E-state index in [2.05, 4.69) is 15.5 Å². The molecule has 1 N–H and O–H groups in total. The first kappa shape index (κ1) is 10.2. The maximum absolute atomic E-state index is 5.73. The van der Waals surface area contributed by atoms with E-state index in [1.165, 1.54) is 19.3 Å². The molecule has 1 saturated carbocycles. The Balaban J connectivity index is 1.49. The Hall–Kier alpha value is -0.940. The summed E-state index contributed by atoms with van der Waals surface area (Å²) in [6.45, 7) is 2.52. The van der Waals surface area contributed by atoms with Gasteiger partial charge in [-0.15, -0.1) is 0 Å². The van der Waals surface area contributed by atoms with Gasteiger partial charge in [-0.2, -0.15) is 4.98 Å². The van der Waals surface area contributed by atoms with Crippen LogP contribution in [0.15, 0.2) is 4.52 Å². The van der Waals surface area contributed by atoms with Crippen molar-refractivity contribution >= 4 is 0 Å². The molecule has 0 bridgehead atoms. The van der Waals surface area contributed by atoms with Crippen LogP contribution in [0.5, 0.6) is 0 Å². The van der Waals surface area contributed by atoms with Crippen molar-refractivity contribution in [1.29, 1.82) is 0 Å². The van der Waals surface area contributed by atoms with Crippen molar-refractivity contribution in [3.8, 4) is 0 Å². The average Bonchev–Trinajstić information content (AvgIpc) is 3.08. The lowest BCUT2D eigenvalue weighted by molar-refractivity contribution is 0.0210. The highest BCUT2D eigenvalue weighted by molar-refractivity contribution is 5.01. The Morgan fingerprint density at radius 1 is 1.38 bits per heavy atom. The number of hydrogen-bond acceptors (Lipinski definition) is 5. The Morgan fingerprint density at radius 3 is 3.06 bits per heavy atom. The van der Waals surface area contributed by atoms with Crippen molar-refractivity contribution < 1.29 is 9.26 Å². The molecular weight excluding hydrogens is 206 g/mol. The van der Waals surface area contributed by atoms with Crippen LogP contribution < -0.4 is 5.32 Å². The van der Waals surface area contributed by atoms with Crippen molar-refractivity contribution in [1.82, 2.24) is 15.5 Å². The van der Waals surface area contributed by atoms with Gasteiger partial charge in [-0.25, -0.2) is 0 Å². The molecule has 1 atom stereocenters. The Kier molecular flexibility index (Phi) is 2.88. The van der Waals surface area contributed by atoms with Crippen molar-refractivity contribution in [3.63, 3.8) is 0 Å². The molecule has 1 aliphatic carbocycles. The molecule has 2 aliphatic rings. The average molecular weight is 223 g/mol. The molecule has 0 unspecified atom stereocenters. The summed E-state index contributed by atoms with van der Waals surface area (Å²) in [6, 6.07) is 0. The molecule has 0 radical (unpaired) electrons. The minimum absolute atomic E-state index is 0.302. The first-order chi connectivity index (χ1) is 7.92. The molecule has 2 fully saturated rings. The van der Waals surface area contributed by atoms with Gasteiger partial charge < -0.3 is 14.6 Å². The standard InChI is InChI=1S/C11H17N3O2/c1-2-9(6-12-5-1)15-7-10-13-11(16-14-10)8-3-4-8/h8-9,12H,1-7H2/t9-/m0/s1. The zero-order chi connectivity index (χ0) is 10.8. The lowest BCUT2D eigenvalue weighted by Gasteiger charge is -2.22. The van der Waals surface area contributed by atoms with E-state index in [0.717, 1.165) is 25.4 Å². The maximum Gasteiger partial charge on any atom is 0.229 e. The van der Waals surface area contributed by atoms with Gasteiger partial charge in [-0.1, -0.05) is 5.16 Å². The molecule has 3 rings (SSSR count). The summed E-state index contributed by atoms with van der Waals surface area (Å²) in [5.74, 6) is 2.01. The van der Waals surface area contributed by atoms with E-state index in [-0.39, 0.29) is 0 Å². The van der Waals surface area contributed by atoms with Crippen molar-refractivity contribution in [2.24, 2.45) is 0 Å². The van der Waals surface area contributed by atoms with E-state index in [1.807, 2.05) is 0 Å². The van der Waals surface area contributed by atoms with Crippen molar-refractivity contribution in [2.75, 3.05) is 13.1 Å². The maximum atomic E-state index is 5.73. The molecule has 16 heavy (non-hydrogen) atoms. The molecule has 0 aromatic carbocycles. The first-order valence-electron chi connectivity index (χ1n) is 6.06. The minimum Gasteiger partial charge on any atom is -0.369 e. The fourth-order valence-corrected chi connectivity index (χ4v) is 1.98. The predicted molar refractivity (Wildman–Crippen MR) is 57.0 cm³/mol. The van der Waals surface area contributed by atoms with Gasteiger partial charge in [-0.05, 0) is 32.2 Å². The fraction of sp³-hybridized carbons (Fsp3) is 0.818. The molecule has 1 aliphatic heterocycles. The third-order valence-corrected chi connectivity index (χ3v) is 3.11. The van der Waals surface area contributed by atoms with E-state index in [4.69, 9.17) is 9.26 Å². The molecule has 1 aromatic rings. The summed E-state index contributed by atoms with van der Waals surface area (Å²) in [6.07, 6.45) is 4.99. The largest absolute Gasteiger partial charge is 0.369 e. The van der Waals surface area contributed by atoms with E-state index < -0.39 is 0 Å². The van der Waals surface area contributed by atoms with Crippen LogP contribution in [-0.2, 0) is 11.3 Å². The zero-order valence-corrected chi connectivity index (χ0v) is 9.32. The van der Waals surface area contributed by atoms with Crippen LogP contribution in [0.4, 0.5) is 0 Å². The highest BCUT2D eigenvalue weighted by atomic mass is 16.5. The molecular formula is C11H17N3O2. The Morgan fingerprint density at radius 2 is 2.31 bits per heavy atom. The minimum atomic E-state index is 0.302. The second kappa shape index (κ2) is 4.51. The number of piperidine rings is 1. The Labute approximate surface area is 94.6 Å². The van der Waals surface area contributed by atoms with Crippen LogP contribution in [0.3, 0.4) is 0 Å². The number of nitrogens with one attached hydrogen (secondary N) is 1. The van der Waals surface area contributed by atoms with E-state index >= 15 is 0 Å². The molecule has 1 aromatic heterocycles. The summed E-state index contributed by atoms with van der Waals surface area (Å²) in [7, 11) is 0. The van der Waals surface area contributed by atoms with Crippen LogP contribution in [0.2, 0.25) is 0 Å². The zero-order valence-electron chi connectivity index (χ0n) is 9.32. The smallest absolute Gasteiger partial charge is 0.229 e. The van der Waals surface area contributed by atoms with Gasteiger partial charge in [0.25, 0.3) is 0 Å². The van der Waals surface area contributed by atoms with Crippen LogP contribution in [0, 0.1) is 0 Å². The summed E-state index contributed by atoms with van der Waals surface area (Å²) < 4.78 is 10.9. The number of nitrogens with zero attached hydrogens (tertiary/aromatic N) is 2. The number of rotatable bonds is 4. The summed E-state index contributed by atoms with van der Waals surface area (Å²) >= 11 is 0. The highest BCUT2D eigenvalue weighted by Gasteiger charge is 2.29. The van der Waals surface area contributed by atoms with Gasteiger partial charge in [0, 0.05) is 12.5 Å². The number of aromatic nitrogens is 2. The van der Waals surface area contributed by atoms with Crippen molar-refractivity contribution in [3.05, 3.63) is 11.7 Å². The molecule has 1 saturated heterocycles. The number of hydrogen-bond donors (Lipinski definition) is 1. The van der Waals surface area contributed by atoms with Crippen LogP contribution >= 0.6 is 0 Å². The topological polar surface area (TPSA) is 60.2 Å². The fourth-order valence-electron chi connectivity index (χ4n) is 1.98. The summed E-state index contributed by atoms with van der Waals surface area (Å²) in [5, 5.41) is 7.25. The van der Waals surface area contributed by atoms with Crippen LogP contribution in [0.1, 0.15) is 43.3 Å². The first-order valence-corrected chi connectivity index (χ1v) is 6.06. The molecule has 5 heteroatoms. The van der Waals surface area contributed by atoms with Gasteiger partial charge in [0.15, 0.2) is 5.82 Å². The SMILES string of the molecule is C1CNC[C@@H](OCc2noc(C3CC3)n2)C1. The normalized spacial score (nSPS) is 25.9. The van der Waals surface area contributed by atoms with E-state index in [0.29, 0.717) is 24.5 Å². The summed E-state index contributed by atoms with van der Waals surface area (Å²) in [4.78, 5) is 4.33. The second-order valence-corrected chi connectivity index (χ2v) is 4.60. The van der Waals surface area contributed by atoms with Gasteiger partial charge in [0.2, 0.25) is 5.89 Å². The van der Waals surface area contributed by atoms with E-state index in [1.54, 1.807) is 0 Å². The third-order valence-electron chi connectivity index (χ3n) is 3.11. The van der Waals surface area contributed by atoms with E-state index in [9.17, 15) is 0 Å². The van der Waals surface area contributed by atoms with Crippen LogP contribution in [-0.4, -0.2) is 29.3 Å². The lowest BCUT2D eigenvalue weighted by Crippen LogP contribution is -2.35. The van der Waals surface area contributed by atoms with Gasteiger partial charge >= 0.3 is 0 Å². The summed E-state index contributed by atoms with van der Waals surface area (Å²) in [5.41, 5.74) is 0. The van der Waals surface area contributed by atoms with Gasteiger partial charge in [-0.3, -0.25) is 0 Å². The predicted octanol–water partition coefficient (Wildman–Crippen LogP) is 1.22. The quantitative estimate of drug-likeness (QED) is 0.831. The molecule has 2 heterocycles. The van der Waals surface area contributed by atoms with Crippen molar-refractivity contribution in [2.45, 2.75) is 44.3 Å². The highest BCUT2D eigenvalue weighted by Crippen LogP contribution is 2.38. The molecule has 0 spiro atoms. The lowest BCUT2D eigenvalue weighted by atomic mass is 10.1. The molecule has 0 amide bonds. The van der Waals surface area contributed by atoms with Crippen LogP contribution in [0.25, 0.3) is 0 Å². The number of ether oxygens (including phenoxy) is 1. The molecule has 5 nitrogen and oxygen atoms in total. The van der Waals surface area contributed by atoms with Gasteiger partial charge in [0.1, 0.15) is 6.61 Å². The third kappa shape index (κ3) is 2.41. The Bertz CT molecular complexity index is 343. The van der Waals surface area contributed by atoms with Gasteiger partial charge in [0.05, 0.1) is 6.10 Å². The second-order valence-electron chi connectivity index (χ2n) is 4.60.